The molecule has 3 nitrogen and oxygen atoms in total. The summed E-state index contributed by atoms with van der Waals surface area (Å²) in [6.07, 6.45) is 5.40. The zero-order valence-corrected chi connectivity index (χ0v) is 11.1. The first-order valence-electron chi connectivity index (χ1n) is 7.39. The predicted octanol–water partition coefficient (Wildman–Crippen LogP) is 1.58. The molecule has 3 heterocycles. The van der Waals surface area contributed by atoms with Gasteiger partial charge in [-0.1, -0.05) is 0 Å². The highest BCUT2D eigenvalue weighted by Gasteiger charge is 2.35. The van der Waals surface area contributed by atoms with Crippen molar-refractivity contribution >= 4 is 0 Å². The molecule has 17 heavy (non-hydrogen) atoms. The summed E-state index contributed by atoms with van der Waals surface area (Å²) < 4.78 is 5.46. The lowest BCUT2D eigenvalue weighted by molar-refractivity contribution is 0.0157. The van der Waals surface area contributed by atoms with Crippen molar-refractivity contribution in [3.63, 3.8) is 0 Å². The third-order valence-electron chi connectivity index (χ3n) is 4.90. The van der Waals surface area contributed by atoms with Gasteiger partial charge in [-0.15, -0.1) is 0 Å². The van der Waals surface area contributed by atoms with Crippen molar-refractivity contribution in [3.8, 4) is 0 Å². The van der Waals surface area contributed by atoms with E-state index in [0.717, 1.165) is 31.2 Å². The fraction of sp³-hybridized carbons (Fsp3) is 1.00. The van der Waals surface area contributed by atoms with E-state index in [1.807, 2.05) is 0 Å². The number of nitrogens with zero attached hydrogens (tertiary/aromatic N) is 2. The summed E-state index contributed by atoms with van der Waals surface area (Å²) >= 11 is 0. The Bertz CT molecular complexity index is 253. The van der Waals surface area contributed by atoms with E-state index in [-0.39, 0.29) is 0 Å². The van der Waals surface area contributed by atoms with E-state index in [1.165, 1.54) is 51.9 Å². The zero-order chi connectivity index (χ0) is 11.7. The molecule has 3 fully saturated rings. The van der Waals surface area contributed by atoms with Crippen molar-refractivity contribution in [2.24, 2.45) is 5.92 Å². The number of ether oxygens (including phenoxy) is 1. The largest absolute Gasteiger partial charge is 0.381 e. The zero-order valence-electron chi connectivity index (χ0n) is 11.1. The molecule has 0 aliphatic carbocycles. The summed E-state index contributed by atoms with van der Waals surface area (Å²) in [4.78, 5) is 5.47. The molecule has 3 aliphatic heterocycles. The minimum Gasteiger partial charge on any atom is -0.381 e. The van der Waals surface area contributed by atoms with Gasteiger partial charge in [0.1, 0.15) is 0 Å². The first kappa shape index (κ1) is 11.9. The lowest BCUT2D eigenvalue weighted by Crippen LogP contribution is -2.56. The molecule has 0 aromatic rings. The average Bonchev–Trinajstić information content (AvgIpc) is 2.78. The maximum Gasteiger partial charge on any atom is 0.0469 e. The summed E-state index contributed by atoms with van der Waals surface area (Å²) in [5, 5.41) is 0. The van der Waals surface area contributed by atoms with Gasteiger partial charge in [-0.2, -0.15) is 0 Å². The van der Waals surface area contributed by atoms with E-state index < -0.39 is 0 Å². The first-order valence-corrected chi connectivity index (χ1v) is 7.39. The summed E-state index contributed by atoms with van der Waals surface area (Å²) in [6, 6.07) is 1.62. The van der Waals surface area contributed by atoms with Gasteiger partial charge in [-0.05, 0) is 45.1 Å². The van der Waals surface area contributed by atoms with Crippen molar-refractivity contribution < 1.29 is 4.74 Å². The van der Waals surface area contributed by atoms with Crippen LogP contribution < -0.4 is 0 Å². The lowest BCUT2D eigenvalue weighted by atomic mass is 9.97. The van der Waals surface area contributed by atoms with Gasteiger partial charge in [0.15, 0.2) is 0 Å². The standard InChI is InChI=1S/C14H26N2O/c1-12-9-15-6-2-3-14(15)11-16(12)10-13-4-7-17-8-5-13/h12-14H,2-11H2,1H3. The Labute approximate surface area is 105 Å². The van der Waals surface area contributed by atoms with Crippen LogP contribution in [0, 0.1) is 5.92 Å². The normalized spacial score (nSPS) is 37.2. The molecule has 0 aromatic carbocycles. The molecule has 2 atom stereocenters. The molecule has 0 radical (unpaired) electrons. The Morgan fingerprint density at radius 1 is 1.12 bits per heavy atom. The van der Waals surface area contributed by atoms with Gasteiger partial charge in [-0.25, -0.2) is 0 Å². The number of hydrogen-bond acceptors (Lipinski definition) is 3. The number of rotatable bonds is 2. The van der Waals surface area contributed by atoms with Crippen molar-refractivity contribution in [2.45, 2.75) is 44.7 Å². The minimum atomic E-state index is 0.757. The Morgan fingerprint density at radius 2 is 1.94 bits per heavy atom. The molecule has 3 heteroatoms. The van der Waals surface area contributed by atoms with Gasteiger partial charge >= 0.3 is 0 Å². The SMILES string of the molecule is CC1CN2CCCC2CN1CC1CCOCC1. The Kier molecular flexibility index (Phi) is 3.69. The van der Waals surface area contributed by atoms with Crippen LogP contribution in [0.25, 0.3) is 0 Å². The van der Waals surface area contributed by atoms with Gasteiger partial charge < -0.3 is 4.74 Å². The fourth-order valence-electron chi connectivity index (χ4n) is 3.76. The van der Waals surface area contributed by atoms with E-state index in [0.29, 0.717) is 0 Å². The van der Waals surface area contributed by atoms with E-state index >= 15 is 0 Å². The van der Waals surface area contributed by atoms with E-state index in [1.54, 1.807) is 0 Å². The van der Waals surface area contributed by atoms with Gasteiger partial charge in [-0.3, -0.25) is 9.80 Å². The highest BCUT2D eigenvalue weighted by atomic mass is 16.5. The number of hydrogen-bond donors (Lipinski definition) is 0. The molecule has 0 aromatic heterocycles. The third-order valence-corrected chi connectivity index (χ3v) is 4.90. The second kappa shape index (κ2) is 5.25. The van der Waals surface area contributed by atoms with Crippen LogP contribution in [0.1, 0.15) is 32.6 Å². The first-order chi connectivity index (χ1) is 8.33. The minimum absolute atomic E-state index is 0.757. The number of fused-ring (bicyclic) bond motifs is 1. The number of piperazine rings is 1. The van der Waals surface area contributed by atoms with Gasteiger partial charge in [0, 0.05) is 44.9 Å². The molecule has 0 N–H and O–H groups in total. The maximum absolute atomic E-state index is 5.46. The third kappa shape index (κ3) is 2.67. The topological polar surface area (TPSA) is 15.7 Å². The fourth-order valence-corrected chi connectivity index (χ4v) is 3.76. The summed E-state index contributed by atoms with van der Waals surface area (Å²) in [5.41, 5.74) is 0. The van der Waals surface area contributed by atoms with Crippen LogP contribution in [0.3, 0.4) is 0 Å². The van der Waals surface area contributed by atoms with E-state index in [9.17, 15) is 0 Å². The smallest absolute Gasteiger partial charge is 0.0469 e. The summed E-state index contributed by atoms with van der Waals surface area (Å²) in [5.74, 6) is 0.888. The average molecular weight is 238 g/mol. The monoisotopic (exact) mass is 238 g/mol. The molecule has 0 bridgehead atoms. The highest BCUT2D eigenvalue weighted by molar-refractivity contribution is 4.91. The summed E-state index contributed by atoms with van der Waals surface area (Å²) in [6.45, 7) is 9.67. The Balaban J connectivity index is 1.55. The molecular weight excluding hydrogens is 212 g/mol. The second-order valence-electron chi connectivity index (χ2n) is 6.15. The molecule has 3 rings (SSSR count). The molecule has 3 saturated heterocycles. The van der Waals surface area contributed by atoms with Crippen LogP contribution in [0.2, 0.25) is 0 Å². The second-order valence-corrected chi connectivity index (χ2v) is 6.15. The van der Waals surface area contributed by atoms with Gasteiger partial charge in [0.25, 0.3) is 0 Å². The van der Waals surface area contributed by atoms with Crippen molar-refractivity contribution in [2.75, 3.05) is 39.4 Å². The van der Waals surface area contributed by atoms with Crippen LogP contribution in [-0.2, 0) is 4.74 Å². The molecule has 0 spiro atoms. The molecule has 3 aliphatic rings. The Morgan fingerprint density at radius 3 is 2.76 bits per heavy atom. The van der Waals surface area contributed by atoms with Crippen molar-refractivity contribution in [1.82, 2.24) is 9.80 Å². The van der Waals surface area contributed by atoms with Crippen LogP contribution >= 0.6 is 0 Å². The van der Waals surface area contributed by atoms with Crippen LogP contribution in [0.4, 0.5) is 0 Å². The lowest BCUT2D eigenvalue weighted by Gasteiger charge is -2.44. The van der Waals surface area contributed by atoms with Gasteiger partial charge in [0.05, 0.1) is 0 Å². The van der Waals surface area contributed by atoms with E-state index in [4.69, 9.17) is 4.74 Å². The molecule has 0 saturated carbocycles. The summed E-state index contributed by atoms with van der Waals surface area (Å²) in [7, 11) is 0. The molecule has 0 amide bonds. The molecular formula is C14H26N2O. The van der Waals surface area contributed by atoms with Crippen LogP contribution in [0.15, 0.2) is 0 Å². The van der Waals surface area contributed by atoms with Crippen LogP contribution in [-0.4, -0.2) is 61.3 Å². The molecule has 2 unspecified atom stereocenters. The quantitative estimate of drug-likeness (QED) is 0.726. The Hall–Kier alpha value is -0.120. The van der Waals surface area contributed by atoms with Crippen LogP contribution in [0.5, 0.6) is 0 Å². The maximum atomic E-state index is 5.46. The van der Waals surface area contributed by atoms with Crippen molar-refractivity contribution in [1.29, 1.82) is 0 Å². The predicted molar refractivity (Wildman–Crippen MR) is 69.2 cm³/mol. The highest BCUT2D eigenvalue weighted by Crippen LogP contribution is 2.26. The van der Waals surface area contributed by atoms with Gasteiger partial charge in [0.2, 0.25) is 0 Å². The molecule has 98 valence electrons. The van der Waals surface area contributed by atoms with Crippen molar-refractivity contribution in [3.05, 3.63) is 0 Å². The van der Waals surface area contributed by atoms with E-state index in [2.05, 4.69) is 16.7 Å².